The average molecular weight is 284 g/mol. The van der Waals surface area contributed by atoms with E-state index in [0.717, 1.165) is 43.2 Å². The molecule has 0 spiro atoms. The zero-order valence-corrected chi connectivity index (χ0v) is 12.2. The first-order valence-corrected chi connectivity index (χ1v) is 7.40. The molecular weight excluding hydrogens is 264 g/mol. The zero-order chi connectivity index (χ0) is 13.7. The number of hydrogen-bond acceptors (Lipinski definition) is 7. The third kappa shape index (κ3) is 3.63. The molecule has 1 aliphatic rings. The highest BCUT2D eigenvalue weighted by molar-refractivity contribution is 7.10. The van der Waals surface area contributed by atoms with Gasteiger partial charge in [-0.05, 0) is 26.3 Å². The van der Waals surface area contributed by atoms with Crippen LogP contribution in [0.5, 0.6) is 0 Å². The molecule has 0 saturated carbocycles. The molecule has 106 valence electrons. The summed E-state index contributed by atoms with van der Waals surface area (Å²) < 4.78 is 9.06. The van der Waals surface area contributed by atoms with E-state index in [-0.39, 0.29) is 11.9 Å². The lowest BCUT2D eigenvalue weighted by molar-refractivity contribution is -0.150. The van der Waals surface area contributed by atoms with E-state index in [1.807, 2.05) is 14.0 Å². The molecule has 1 aliphatic heterocycles. The molecule has 0 aliphatic carbocycles. The van der Waals surface area contributed by atoms with Crippen LogP contribution in [-0.4, -0.2) is 47.2 Å². The van der Waals surface area contributed by atoms with Crippen LogP contribution in [0.3, 0.4) is 0 Å². The van der Waals surface area contributed by atoms with Crippen LogP contribution in [0.25, 0.3) is 0 Å². The number of aromatic nitrogens is 2. The SMILES string of the molecule is CCOC(=O)C1CCCN(Cc2nnsc2NC)C1. The second-order valence-electron chi connectivity index (χ2n) is 4.63. The molecule has 1 N–H and O–H groups in total. The summed E-state index contributed by atoms with van der Waals surface area (Å²) in [4.78, 5) is 14.0. The number of anilines is 1. The van der Waals surface area contributed by atoms with E-state index in [9.17, 15) is 4.79 Å². The second-order valence-corrected chi connectivity index (χ2v) is 5.38. The van der Waals surface area contributed by atoms with Gasteiger partial charge in [-0.2, -0.15) is 0 Å². The number of likely N-dealkylation sites (tertiary alicyclic amines) is 1. The highest BCUT2D eigenvalue weighted by atomic mass is 32.1. The molecule has 0 bridgehead atoms. The van der Waals surface area contributed by atoms with Gasteiger partial charge in [-0.15, -0.1) is 5.10 Å². The van der Waals surface area contributed by atoms with Crippen molar-refractivity contribution in [2.45, 2.75) is 26.3 Å². The fourth-order valence-electron chi connectivity index (χ4n) is 2.37. The van der Waals surface area contributed by atoms with E-state index in [1.165, 1.54) is 11.5 Å². The molecule has 1 aromatic heterocycles. The van der Waals surface area contributed by atoms with Crippen molar-refractivity contribution >= 4 is 22.5 Å². The quantitative estimate of drug-likeness (QED) is 0.823. The predicted octanol–water partition coefficient (Wildman–Crippen LogP) is 1.35. The molecule has 0 aromatic carbocycles. The van der Waals surface area contributed by atoms with Gasteiger partial charge in [0.1, 0.15) is 10.7 Å². The number of carbonyl (C=O) groups excluding carboxylic acids is 1. The lowest BCUT2D eigenvalue weighted by atomic mass is 9.98. The number of rotatable bonds is 5. The molecule has 2 heterocycles. The van der Waals surface area contributed by atoms with Gasteiger partial charge in [0.15, 0.2) is 0 Å². The Balaban J connectivity index is 1.92. The van der Waals surface area contributed by atoms with Crippen molar-refractivity contribution in [2.75, 3.05) is 32.1 Å². The third-order valence-corrected chi connectivity index (χ3v) is 4.07. The summed E-state index contributed by atoms with van der Waals surface area (Å²) in [6.45, 7) is 4.78. The largest absolute Gasteiger partial charge is 0.466 e. The number of hydrogen-bond donors (Lipinski definition) is 1. The molecule has 19 heavy (non-hydrogen) atoms. The summed E-state index contributed by atoms with van der Waals surface area (Å²) in [6.07, 6.45) is 1.94. The highest BCUT2D eigenvalue weighted by Crippen LogP contribution is 2.23. The minimum absolute atomic E-state index is 0.00155. The van der Waals surface area contributed by atoms with E-state index >= 15 is 0 Å². The zero-order valence-electron chi connectivity index (χ0n) is 11.4. The summed E-state index contributed by atoms with van der Waals surface area (Å²) in [6, 6.07) is 0. The van der Waals surface area contributed by atoms with Gasteiger partial charge >= 0.3 is 5.97 Å². The Hall–Kier alpha value is -1.21. The Morgan fingerprint density at radius 3 is 3.21 bits per heavy atom. The van der Waals surface area contributed by atoms with Crippen molar-refractivity contribution in [2.24, 2.45) is 5.92 Å². The van der Waals surface area contributed by atoms with Crippen molar-refractivity contribution in [3.8, 4) is 0 Å². The average Bonchev–Trinajstić information content (AvgIpc) is 2.86. The number of piperidine rings is 1. The summed E-state index contributed by atoms with van der Waals surface area (Å²) in [5.41, 5.74) is 0.956. The van der Waals surface area contributed by atoms with E-state index in [0.29, 0.717) is 6.61 Å². The predicted molar refractivity (Wildman–Crippen MR) is 74.1 cm³/mol. The second kappa shape index (κ2) is 6.81. The van der Waals surface area contributed by atoms with Crippen LogP contribution in [0.15, 0.2) is 0 Å². The topological polar surface area (TPSA) is 67.3 Å². The fraction of sp³-hybridized carbons (Fsp3) is 0.750. The fourth-order valence-corrected chi connectivity index (χ4v) is 2.89. The molecule has 1 atom stereocenters. The Bertz CT molecular complexity index is 424. The number of esters is 1. The first-order chi connectivity index (χ1) is 9.24. The van der Waals surface area contributed by atoms with Gasteiger partial charge in [-0.1, -0.05) is 4.49 Å². The summed E-state index contributed by atoms with van der Waals surface area (Å²) in [5, 5.41) is 8.23. The number of ether oxygens (including phenoxy) is 1. The molecule has 1 aromatic rings. The Morgan fingerprint density at radius 1 is 1.63 bits per heavy atom. The van der Waals surface area contributed by atoms with E-state index in [4.69, 9.17) is 4.74 Å². The summed E-state index contributed by atoms with van der Waals surface area (Å²) >= 11 is 1.36. The van der Waals surface area contributed by atoms with Gasteiger partial charge in [-0.3, -0.25) is 9.69 Å². The molecule has 1 unspecified atom stereocenters. The number of nitrogens with zero attached hydrogens (tertiary/aromatic N) is 3. The lowest BCUT2D eigenvalue weighted by Gasteiger charge is -2.30. The molecule has 0 radical (unpaired) electrons. The van der Waals surface area contributed by atoms with Crippen molar-refractivity contribution in [3.05, 3.63) is 5.69 Å². The maximum atomic E-state index is 11.8. The van der Waals surface area contributed by atoms with Crippen LogP contribution in [-0.2, 0) is 16.1 Å². The Morgan fingerprint density at radius 2 is 2.47 bits per heavy atom. The van der Waals surface area contributed by atoms with Gasteiger partial charge in [0.2, 0.25) is 0 Å². The molecule has 1 fully saturated rings. The van der Waals surface area contributed by atoms with Gasteiger partial charge in [0.05, 0.1) is 12.5 Å². The van der Waals surface area contributed by atoms with Crippen molar-refractivity contribution < 1.29 is 9.53 Å². The third-order valence-electron chi connectivity index (χ3n) is 3.28. The van der Waals surface area contributed by atoms with Crippen molar-refractivity contribution in [1.82, 2.24) is 14.5 Å². The van der Waals surface area contributed by atoms with Gasteiger partial charge < -0.3 is 10.1 Å². The van der Waals surface area contributed by atoms with Crippen LogP contribution in [0.1, 0.15) is 25.5 Å². The van der Waals surface area contributed by atoms with Crippen LogP contribution < -0.4 is 5.32 Å². The number of nitrogens with one attached hydrogen (secondary N) is 1. The maximum absolute atomic E-state index is 11.8. The highest BCUT2D eigenvalue weighted by Gasteiger charge is 2.27. The maximum Gasteiger partial charge on any atom is 0.310 e. The monoisotopic (exact) mass is 284 g/mol. The smallest absolute Gasteiger partial charge is 0.310 e. The van der Waals surface area contributed by atoms with E-state index < -0.39 is 0 Å². The standard InChI is InChI=1S/C12H20N4O2S/c1-3-18-12(17)9-5-4-6-16(7-9)8-10-11(13-2)19-15-14-10/h9,13H,3-8H2,1-2H3. The van der Waals surface area contributed by atoms with Crippen molar-refractivity contribution in [3.63, 3.8) is 0 Å². The van der Waals surface area contributed by atoms with Crippen molar-refractivity contribution in [1.29, 1.82) is 0 Å². The van der Waals surface area contributed by atoms with Gasteiger partial charge in [0, 0.05) is 31.7 Å². The van der Waals surface area contributed by atoms with E-state index in [1.54, 1.807) is 0 Å². The first kappa shape index (κ1) is 14.2. The molecule has 2 rings (SSSR count). The molecule has 1 saturated heterocycles. The van der Waals surface area contributed by atoms with Crippen LogP contribution in [0.2, 0.25) is 0 Å². The van der Waals surface area contributed by atoms with Gasteiger partial charge in [0.25, 0.3) is 0 Å². The minimum atomic E-state index is -0.0718. The minimum Gasteiger partial charge on any atom is -0.466 e. The lowest BCUT2D eigenvalue weighted by Crippen LogP contribution is -2.39. The molecule has 7 heteroatoms. The van der Waals surface area contributed by atoms with E-state index in [2.05, 4.69) is 19.8 Å². The molecule has 0 amide bonds. The van der Waals surface area contributed by atoms with Crippen LogP contribution in [0.4, 0.5) is 5.00 Å². The first-order valence-electron chi connectivity index (χ1n) is 6.62. The molecule has 6 nitrogen and oxygen atoms in total. The molecular formula is C12H20N4O2S. The Kier molecular flexibility index (Phi) is 5.09. The summed E-state index contributed by atoms with van der Waals surface area (Å²) in [5.74, 6) is -0.0734. The van der Waals surface area contributed by atoms with Crippen LogP contribution in [0, 0.1) is 5.92 Å². The summed E-state index contributed by atoms with van der Waals surface area (Å²) in [7, 11) is 1.87. The van der Waals surface area contributed by atoms with Gasteiger partial charge in [-0.25, -0.2) is 0 Å². The Labute approximate surface area is 117 Å². The number of carbonyl (C=O) groups is 1. The van der Waals surface area contributed by atoms with Crippen LogP contribution >= 0.6 is 11.5 Å². The normalized spacial score (nSPS) is 20.2.